The molecule has 0 bridgehead atoms. The van der Waals surface area contributed by atoms with E-state index < -0.39 is 22.2 Å². The number of nitrogens with one attached hydrogen (secondary N) is 3. The summed E-state index contributed by atoms with van der Waals surface area (Å²) in [6, 6.07) is 16.7. The maximum Gasteiger partial charge on any atom is 0.411 e. The number of carbonyl (C=O) groups is 1. The Bertz CT molecular complexity index is 1600. The molecule has 0 saturated carbocycles. The molecular formula is C35H47ClN4O7S. The number of phenols is 2. The summed E-state index contributed by atoms with van der Waals surface area (Å²) in [6.45, 7) is 3.95. The first-order chi connectivity index (χ1) is 23.0. The molecule has 262 valence electrons. The zero-order valence-corrected chi connectivity index (χ0v) is 28.9. The molecule has 0 unspecified atom stereocenters. The van der Waals surface area contributed by atoms with Crippen LogP contribution in [0.1, 0.15) is 63.0 Å². The number of nitrogens with zero attached hydrogens (tertiary/aromatic N) is 1. The van der Waals surface area contributed by atoms with Gasteiger partial charge in [0.25, 0.3) is 0 Å². The van der Waals surface area contributed by atoms with Crippen molar-refractivity contribution in [2.75, 3.05) is 49.0 Å². The number of hydrogen-bond acceptors (Lipinski definition) is 9. The van der Waals surface area contributed by atoms with Crippen molar-refractivity contribution in [3.63, 3.8) is 0 Å². The summed E-state index contributed by atoms with van der Waals surface area (Å²) in [5.41, 5.74) is 2.74. The van der Waals surface area contributed by atoms with E-state index in [2.05, 4.69) is 20.3 Å². The molecule has 0 aliphatic carbocycles. The van der Waals surface area contributed by atoms with Crippen molar-refractivity contribution in [2.45, 2.75) is 63.6 Å². The van der Waals surface area contributed by atoms with Crippen LogP contribution in [0.2, 0.25) is 5.02 Å². The van der Waals surface area contributed by atoms with Crippen LogP contribution >= 0.6 is 11.6 Å². The Morgan fingerprint density at radius 1 is 0.938 bits per heavy atom. The van der Waals surface area contributed by atoms with Crippen molar-refractivity contribution in [1.82, 2.24) is 10.2 Å². The number of aromatic hydroxyl groups is 2. The molecule has 3 aromatic carbocycles. The largest absolute Gasteiger partial charge is 0.506 e. The molecule has 48 heavy (non-hydrogen) atoms. The predicted octanol–water partition coefficient (Wildman–Crippen LogP) is 6.47. The van der Waals surface area contributed by atoms with Crippen molar-refractivity contribution in [3.8, 4) is 22.6 Å². The standard InChI is InChI=1S/C35H47ClN4O7S/c1-48(45,46)39-31-23-26(13-15-33(31)42)34(43)24-37-18-8-4-2-3-5-9-19-40-20-16-27(17-21-40)47-35(44)38-30-11-7-6-10-28(30)25-12-14-32(41)29(36)22-25/h6-7,10-15,22-23,27,34,37,39,41-43H,2-5,8-9,16-21,24H2,1H3,(H,38,44)/t34-/m0/s1. The number of piperidine rings is 1. The third kappa shape index (κ3) is 12.2. The highest BCUT2D eigenvalue weighted by atomic mass is 35.5. The van der Waals surface area contributed by atoms with Gasteiger partial charge in [0.05, 0.1) is 28.8 Å². The molecule has 1 amide bonds. The third-order valence-electron chi connectivity index (χ3n) is 8.35. The van der Waals surface area contributed by atoms with Crippen molar-refractivity contribution in [1.29, 1.82) is 0 Å². The van der Waals surface area contributed by atoms with E-state index >= 15 is 0 Å². The fourth-order valence-electron chi connectivity index (χ4n) is 5.75. The normalized spacial score (nSPS) is 14.8. The highest BCUT2D eigenvalue weighted by Gasteiger charge is 2.22. The van der Waals surface area contributed by atoms with E-state index in [1.807, 2.05) is 24.3 Å². The van der Waals surface area contributed by atoms with Crippen LogP contribution in [-0.2, 0) is 14.8 Å². The van der Waals surface area contributed by atoms with Crippen molar-refractivity contribution < 1.29 is 33.3 Å². The minimum Gasteiger partial charge on any atom is -0.506 e. The van der Waals surface area contributed by atoms with Crippen LogP contribution in [0.25, 0.3) is 11.1 Å². The monoisotopic (exact) mass is 702 g/mol. The average molecular weight is 703 g/mol. The smallest absolute Gasteiger partial charge is 0.411 e. The van der Waals surface area contributed by atoms with Crippen LogP contribution in [0, 0.1) is 0 Å². The van der Waals surface area contributed by atoms with Gasteiger partial charge in [-0.3, -0.25) is 10.0 Å². The van der Waals surface area contributed by atoms with Crippen LogP contribution < -0.4 is 15.4 Å². The first-order valence-electron chi connectivity index (χ1n) is 16.5. The number of sulfonamides is 1. The second-order valence-corrected chi connectivity index (χ2v) is 14.4. The van der Waals surface area contributed by atoms with Crippen molar-refractivity contribution in [3.05, 3.63) is 71.2 Å². The van der Waals surface area contributed by atoms with Crippen LogP contribution in [0.5, 0.6) is 11.5 Å². The molecule has 3 aromatic rings. The number of hydrogen-bond donors (Lipinski definition) is 6. The fourth-order valence-corrected chi connectivity index (χ4v) is 6.49. The lowest BCUT2D eigenvalue weighted by atomic mass is 10.0. The van der Waals surface area contributed by atoms with Crippen LogP contribution in [0.4, 0.5) is 16.2 Å². The van der Waals surface area contributed by atoms with Gasteiger partial charge < -0.3 is 30.3 Å². The van der Waals surface area contributed by atoms with E-state index in [0.29, 0.717) is 17.8 Å². The first-order valence-corrected chi connectivity index (χ1v) is 18.7. The summed E-state index contributed by atoms with van der Waals surface area (Å²) in [5.74, 6) is -0.190. The van der Waals surface area contributed by atoms with Gasteiger partial charge in [0.15, 0.2) is 0 Å². The number of aliphatic hydroxyl groups excluding tert-OH is 1. The van der Waals surface area contributed by atoms with E-state index in [1.165, 1.54) is 31.0 Å². The summed E-state index contributed by atoms with van der Waals surface area (Å²) < 4.78 is 30.9. The molecule has 0 spiro atoms. The number of likely N-dealkylation sites (tertiary alicyclic amines) is 1. The van der Waals surface area contributed by atoms with Crippen LogP contribution in [0.15, 0.2) is 60.7 Å². The van der Waals surface area contributed by atoms with E-state index in [0.717, 1.165) is 82.1 Å². The molecule has 0 aromatic heterocycles. The van der Waals surface area contributed by atoms with Gasteiger partial charge in [0.1, 0.15) is 17.6 Å². The van der Waals surface area contributed by atoms with Crippen LogP contribution in [-0.4, -0.2) is 79.8 Å². The number of ether oxygens (including phenoxy) is 1. The number of para-hydroxylation sites is 1. The Hall–Kier alpha value is -3.55. The summed E-state index contributed by atoms with van der Waals surface area (Å²) in [7, 11) is -3.54. The van der Waals surface area contributed by atoms with E-state index in [4.69, 9.17) is 16.3 Å². The maximum absolute atomic E-state index is 12.7. The second-order valence-electron chi connectivity index (χ2n) is 12.3. The minimum atomic E-state index is -3.54. The van der Waals surface area contributed by atoms with Gasteiger partial charge in [-0.05, 0) is 80.2 Å². The molecule has 1 heterocycles. The van der Waals surface area contributed by atoms with Gasteiger partial charge in [-0.15, -0.1) is 0 Å². The lowest BCUT2D eigenvalue weighted by Gasteiger charge is -2.31. The first kappa shape index (κ1) is 37.3. The number of phenolic OH excluding ortho intramolecular Hbond substituents is 2. The van der Waals surface area contributed by atoms with Gasteiger partial charge in [-0.2, -0.15) is 0 Å². The Morgan fingerprint density at radius 3 is 2.35 bits per heavy atom. The van der Waals surface area contributed by atoms with E-state index in [9.17, 15) is 28.5 Å². The van der Waals surface area contributed by atoms with Gasteiger partial charge in [-0.25, -0.2) is 13.2 Å². The molecule has 1 saturated heterocycles. The second kappa shape index (κ2) is 18.3. The average Bonchev–Trinajstić information content (AvgIpc) is 3.04. The number of halogens is 1. The maximum atomic E-state index is 12.7. The number of amides is 1. The molecule has 1 atom stereocenters. The number of unbranched alkanes of at least 4 members (excludes halogenated alkanes) is 5. The quantitative estimate of drug-likeness (QED) is 0.0685. The number of carbonyl (C=O) groups excluding carboxylic acids is 1. The molecule has 0 radical (unpaired) electrons. The Balaban J connectivity index is 1.03. The van der Waals surface area contributed by atoms with Gasteiger partial charge >= 0.3 is 6.09 Å². The lowest BCUT2D eigenvalue weighted by Crippen LogP contribution is -2.38. The number of anilines is 2. The lowest BCUT2D eigenvalue weighted by molar-refractivity contribution is 0.0584. The summed E-state index contributed by atoms with van der Waals surface area (Å²) in [4.78, 5) is 15.2. The van der Waals surface area contributed by atoms with Gasteiger partial charge in [-0.1, -0.05) is 67.6 Å². The highest BCUT2D eigenvalue weighted by Crippen LogP contribution is 2.33. The van der Waals surface area contributed by atoms with Crippen LogP contribution in [0.3, 0.4) is 0 Å². The zero-order valence-electron chi connectivity index (χ0n) is 27.3. The molecular weight excluding hydrogens is 656 g/mol. The topological polar surface area (TPSA) is 160 Å². The molecule has 13 heteroatoms. The molecule has 1 fully saturated rings. The minimum absolute atomic E-state index is 0.00503. The third-order valence-corrected chi connectivity index (χ3v) is 9.24. The number of aliphatic hydroxyl groups is 1. The number of benzene rings is 3. The molecule has 1 aliphatic heterocycles. The molecule has 1 aliphatic rings. The van der Waals surface area contributed by atoms with Crippen molar-refractivity contribution >= 4 is 39.1 Å². The van der Waals surface area contributed by atoms with Crippen molar-refractivity contribution in [2.24, 2.45) is 0 Å². The number of rotatable bonds is 17. The Morgan fingerprint density at radius 2 is 1.62 bits per heavy atom. The fraction of sp³-hybridized carbons (Fsp3) is 0.457. The highest BCUT2D eigenvalue weighted by molar-refractivity contribution is 7.92. The Kier molecular flexibility index (Phi) is 14.2. The summed E-state index contributed by atoms with van der Waals surface area (Å²) >= 11 is 6.09. The van der Waals surface area contributed by atoms with Gasteiger partial charge in [0.2, 0.25) is 10.0 Å². The summed E-state index contributed by atoms with van der Waals surface area (Å²) in [5, 5.41) is 36.4. The Labute approximate surface area is 288 Å². The van der Waals surface area contributed by atoms with E-state index in [-0.39, 0.29) is 28.3 Å². The van der Waals surface area contributed by atoms with Gasteiger partial charge in [0, 0.05) is 25.2 Å². The molecule has 6 N–H and O–H groups in total. The predicted molar refractivity (Wildman–Crippen MR) is 190 cm³/mol. The molecule has 11 nitrogen and oxygen atoms in total. The SMILES string of the molecule is CS(=O)(=O)Nc1cc([C@@H](O)CNCCCCCCCCN2CCC(OC(=O)Nc3ccccc3-c3ccc(O)c(Cl)c3)CC2)ccc1O. The molecule has 4 rings (SSSR count). The summed E-state index contributed by atoms with van der Waals surface area (Å²) in [6.07, 6.45) is 7.91. The zero-order chi connectivity index (χ0) is 34.5. The van der Waals surface area contributed by atoms with E-state index in [1.54, 1.807) is 18.2 Å².